The van der Waals surface area contributed by atoms with Crippen LogP contribution in [-0.2, 0) is 14.3 Å². The molecule has 0 aromatic rings. The minimum atomic E-state index is -0.318. The highest BCUT2D eigenvalue weighted by Gasteiger charge is 2.38. The molecule has 0 aromatic carbocycles. The maximum atomic E-state index is 12.6. The van der Waals surface area contributed by atoms with Gasteiger partial charge < -0.3 is 9.64 Å². The van der Waals surface area contributed by atoms with Gasteiger partial charge in [0.05, 0.1) is 6.61 Å². The SMILES string of the molecule is CCCCCOC(=O)C1CCCN1C(=O)C1CCCCC1. The minimum Gasteiger partial charge on any atom is -0.464 e. The van der Waals surface area contributed by atoms with Gasteiger partial charge in [-0.2, -0.15) is 0 Å². The zero-order valence-electron chi connectivity index (χ0n) is 13.3. The second kappa shape index (κ2) is 8.40. The molecule has 1 atom stereocenters. The summed E-state index contributed by atoms with van der Waals surface area (Å²) in [5.41, 5.74) is 0. The molecule has 21 heavy (non-hydrogen) atoms. The Kier molecular flexibility index (Phi) is 6.52. The fraction of sp³-hybridized carbons (Fsp3) is 0.882. The number of rotatable bonds is 6. The van der Waals surface area contributed by atoms with Crippen molar-refractivity contribution in [2.45, 2.75) is 77.2 Å². The summed E-state index contributed by atoms with van der Waals surface area (Å²) >= 11 is 0. The molecule has 1 amide bonds. The summed E-state index contributed by atoms with van der Waals surface area (Å²) in [5, 5.41) is 0. The van der Waals surface area contributed by atoms with Crippen molar-refractivity contribution in [3.05, 3.63) is 0 Å². The Morgan fingerprint density at radius 1 is 1.05 bits per heavy atom. The molecule has 2 fully saturated rings. The van der Waals surface area contributed by atoms with E-state index in [0.29, 0.717) is 6.61 Å². The normalized spacial score (nSPS) is 23.3. The smallest absolute Gasteiger partial charge is 0.328 e. The van der Waals surface area contributed by atoms with E-state index in [1.165, 1.54) is 6.42 Å². The average Bonchev–Trinajstić information content (AvgIpc) is 3.01. The van der Waals surface area contributed by atoms with Crippen LogP contribution in [0.1, 0.15) is 71.1 Å². The van der Waals surface area contributed by atoms with E-state index in [4.69, 9.17) is 4.74 Å². The van der Waals surface area contributed by atoms with Gasteiger partial charge in [-0.1, -0.05) is 39.0 Å². The summed E-state index contributed by atoms with van der Waals surface area (Å²) in [7, 11) is 0. The zero-order valence-corrected chi connectivity index (χ0v) is 13.3. The quantitative estimate of drug-likeness (QED) is 0.558. The van der Waals surface area contributed by atoms with Gasteiger partial charge >= 0.3 is 5.97 Å². The molecule has 4 nitrogen and oxygen atoms in total. The molecule has 1 aliphatic carbocycles. The number of carbonyl (C=O) groups is 2. The van der Waals surface area contributed by atoms with Crippen LogP contribution in [0.2, 0.25) is 0 Å². The Hall–Kier alpha value is -1.06. The van der Waals surface area contributed by atoms with Crippen molar-refractivity contribution >= 4 is 11.9 Å². The van der Waals surface area contributed by atoms with Crippen LogP contribution in [0, 0.1) is 5.92 Å². The lowest BCUT2D eigenvalue weighted by Crippen LogP contribution is -2.44. The second-order valence-electron chi connectivity index (χ2n) is 6.40. The zero-order chi connectivity index (χ0) is 15.1. The average molecular weight is 295 g/mol. The number of carbonyl (C=O) groups excluding carboxylic acids is 2. The predicted octanol–water partition coefficient (Wildman–Crippen LogP) is 3.29. The van der Waals surface area contributed by atoms with Crippen molar-refractivity contribution in [1.82, 2.24) is 4.90 Å². The maximum absolute atomic E-state index is 12.6. The van der Waals surface area contributed by atoms with Gasteiger partial charge in [-0.25, -0.2) is 4.79 Å². The van der Waals surface area contributed by atoms with E-state index >= 15 is 0 Å². The Balaban J connectivity index is 1.83. The standard InChI is InChI=1S/C17H29NO3/c1-2-3-7-13-21-17(20)15-11-8-12-18(15)16(19)14-9-5-4-6-10-14/h14-15H,2-13H2,1H3. The van der Waals surface area contributed by atoms with Gasteiger partial charge in [-0.3, -0.25) is 4.79 Å². The summed E-state index contributed by atoms with van der Waals surface area (Å²) in [4.78, 5) is 26.6. The predicted molar refractivity (Wildman–Crippen MR) is 81.8 cm³/mol. The highest BCUT2D eigenvalue weighted by Crippen LogP contribution is 2.29. The molecule has 1 saturated carbocycles. The van der Waals surface area contributed by atoms with Gasteiger partial charge in [0.15, 0.2) is 0 Å². The molecule has 0 radical (unpaired) electrons. The van der Waals surface area contributed by atoms with Gasteiger partial charge in [0.25, 0.3) is 0 Å². The first-order valence-corrected chi connectivity index (χ1v) is 8.71. The topological polar surface area (TPSA) is 46.6 Å². The van der Waals surface area contributed by atoms with Crippen LogP contribution in [-0.4, -0.2) is 36.0 Å². The molecule has 1 unspecified atom stereocenters. The molecule has 0 aromatic heterocycles. The fourth-order valence-corrected chi connectivity index (χ4v) is 3.48. The van der Waals surface area contributed by atoms with E-state index in [1.807, 2.05) is 0 Å². The van der Waals surface area contributed by atoms with Crippen LogP contribution in [0.15, 0.2) is 0 Å². The Bertz CT molecular complexity index is 350. The Morgan fingerprint density at radius 3 is 2.52 bits per heavy atom. The Labute approximate surface area is 128 Å². The molecule has 0 N–H and O–H groups in total. The molecule has 2 aliphatic rings. The molecule has 0 spiro atoms. The van der Waals surface area contributed by atoms with Gasteiger partial charge in [0.2, 0.25) is 5.91 Å². The number of hydrogen-bond donors (Lipinski definition) is 0. The van der Waals surface area contributed by atoms with Crippen LogP contribution in [0.5, 0.6) is 0 Å². The van der Waals surface area contributed by atoms with Crippen LogP contribution in [0.4, 0.5) is 0 Å². The summed E-state index contributed by atoms with van der Waals surface area (Å²) in [6.07, 6.45) is 10.3. The molecular formula is C17H29NO3. The lowest BCUT2D eigenvalue weighted by Gasteiger charge is -2.29. The third kappa shape index (κ3) is 4.45. The fourth-order valence-electron chi connectivity index (χ4n) is 3.48. The van der Waals surface area contributed by atoms with Gasteiger partial charge in [0, 0.05) is 12.5 Å². The van der Waals surface area contributed by atoms with Crippen LogP contribution in [0.25, 0.3) is 0 Å². The van der Waals surface area contributed by atoms with E-state index in [0.717, 1.165) is 64.3 Å². The molecule has 120 valence electrons. The van der Waals surface area contributed by atoms with E-state index < -0.39 is 0 Å². The highest BCUT2D eigenvalue weighted by molar-refractivity contribution is 5.86. The number of amides is 1. The van der Waals surface area contributed by atoms with Crippen LogP contribution >= 0.6 is 0 Å². The van der Waals surface area contributed by atoms with E-state index in [-0.39, 0.29) is 23.8 Å². The van der Waals surface area contributed by atoms with Crippen molar-refractivity contribution in [2.24, 2.45) is 5.92 Å². The molecular weight excluding hydrogens is 266 g/mol. The van der Waals surface area contributed by atoms with Crippen molar-refractivity contribution in [3.8, 4) is 0 Å². The number of unbranched alkanes of at least 4 members (excludes halogenated alkanes) is 2. The lowest BCUT2D eigenvalue weighted by atomic mass is 9.88. The van der Waals surface area contributed by atoms with Crippen molar-refractivity contribution in [1.29, 1.82) is 0 Å². The highest BCUT2D eigenvalue weighted by atomic mass is 16.5. The Morgan fingerprint density at radius 2 is 1.81 bits per heavy atom. The van der Waals surface area contributed by atoms with Crippen molar-refractivity contribution < 1.29 is 14.3 Å². The molecule has 2 rings (SSSR count). The van der Waals surface area contributed by atoms with Gasteiger partial charge in [-0.15, -0.1) is 0 Å². The maximum Gasteiger partial charge on any atom is 0.328 e. The monoisotopic (exact) mass is 295 g/mol. The molecule has 1 heterocycles. The van der Waals surface area contributed by atoms with Gasteiger partial charge in [0.1, 0.15) is 6.04 Å². The number of ether oxygens (including phenoxy) is 1. The molecule has 1 aliphatic heterocycles. The summed E-state index contributed by atoms with van der Waals surface area (Å²) in [5.74, 6) is 0.155. The summed E-state index contributed by atoms with van der Waals surface area (Å²) < 4.78 is 5.36. The number of hydrogen-bond acceptors (Lipinski definition) is 3. The van der Waals surface area contributed by atoms with Gasteiger partial charge in [-0.05, 0) is 32.1 Å². The third-order valence-corrected chi connectivity index (χ3v) is 4.75. The minimum absolute atomic E-state index is 0.146. The summed E-state index contributed by atoms with van der Waals surface area (Å²) in [6, 6.07) is -0.318. The van der Waals surface area contributed by atoms with E-state index in [2.05, 4.69) is 6.92 Å². The van der Waals surface area contributed by atoms with Crippen LogP contribution < -0.4 is 0 Å². The van der Waals surface area contributed by atoms with E-state index in [9.17, 15) is 9.59 Å². The number of nitrogens with zero attached hydrogens (tertiary/aromatic N) is 1. The first-order valence-electron chi connectivity index (χ1n) is 8.71. The first-order chi connectivity index (χ1) is 10.2. The largest absolute Gasteiger partial charge is 0.464 e. The van der Waals surface area contributed by atoms with Crippen molar-refractivity contribution in [3.63, 3.8) is 0 Å². The molecule has 1 saturated heterocycles. The first kappa shape index (κ1) is 16.3. The third-order valence-electron chi connectivity index (χ3n) is 4.75. The van der Waals surface area contributed by atoms with Crippen molar-refractivity contribution in [2.75, 3.05) is 13.2 Å². The second-order valence-corrected chi connectivity index (χ2v) is 6.40. The molecule has 0 bridgehead atoms. The number of likely N-dealkylation sites (tertiary alicyclic amines) is 1. The number of esters is 1. The summed E-state index contributed by atoms with van der Waals surface area (Å²) in [6.45, 7) is 3.35. The molecule has 4 heteroatoms. The lowest BCUT2D eigenvalue weighted by molar-refractivity contribution is -0.155. The van der Waals surface area contributed by atoms with Crippen LogP contribution in [0.3, 0.4) is 0 Å². The van der Waals surface area contributed by atoms with E-state index in [1.54, 1.807) is 4.90 Å².